The molecule has 1 heteroatoms. The van der Waals surface area contributed by atoms with E-state index >= 15 is 0 Å². The smallest absolute Gasteiger partial charge is 0.125 e. The molecule has 0 aliphatic carbocycles. The summed E-state index contributed by atoms with van der Waals surface area (Å²) in [6, 6.07) is 0. The Labute approximate surface area is 81.9 Å². The fourth-order valence-corrected chi connectivity index (χ4v) is 1.05. The van der Waals surface area contributed by atoms with Crippen LogP contribution in [0.4, 0.5) is 0 Å². The summed E-state index contributed by atoms with van der Waals surface area (Å²) in [5.41, 5.74) is 0.350. The molecular formula is C12H20O. The van der Waals surface area contributed by atoms with Crippen molar-refractivity contribution in [2.24, 2.45) is 5.92 Å². The molecule has 1 N–H and O–H groups in total. The van der Waals surface area contributed by atoms with Gasteiger partial charge >= 0.3 is 0 Å². The van der Waals surface area contributed by atoms with Crippen LogP contribution in [-0.4, -0.2) is 10.7 Å². The molecule has 74 valence electrons. The molecule has 2 atom stereocenters. The third kappa shape index (κ3) is 4.75. The van der Waals surface area contributed by atoms with E-state index in [-0.39, 0.29) is 5.92 Å². The summed E-state index contributed by atoms with van der Waals surface area (Å²) in [4.78, 5) is 0. The van der Waals surface area contributed by atoms with Crippen molar-refractivity contribution in [2.75, 3.05) is 0 Å². The van der Waals surface area contributed by atoms with E-state index in [4.69, 9.17) is 6.42 Å². The van der Waals surface area contributed by atoms with Gasteiger partial charge in [-0.1, -0.05) is 24.5 Å². The lowest BCUT2D eigenvalue weighted by atomic mass is 9.88. The molecule has 1 nitrogen and oxygen atoms in total. The molecule has 0 fully saturated rings. The van der Waals surface area contributed by atoms with Crippen molar-refractivity contribution >= 4 is 0 Å². The number of hydrogen-bond acceptors (Lipinski definition) is 1. The first kappa shape index (κ1) is 12.3. The molecular weight excluding hydrogens is 160 g/mol. The fraction of sp³-hybridized carbons (Fsp3) is 0.667. The number of hydrogen-bond donors (Lipinski definition) is 1. The molecule has 0 unspecified atom stereocenters. The van der Waals surface area contributed by atoms with E-state index < -0.39 is 5.60 Å². The largest absolute Gasteiger partial charge is 0.378 e. The van der Waals surface area contributed by atoms with Crippen LogP contribution >= 0.6 is 0 Å². The van der Waals surface area contributed by atoms with Gasteiger partial charge in [-0.15, -0.1) is 6.42 Å². The standard InChI is InChI=1S/C12H20O/c1-6-12(5,13)11(4)9-7-8-10(2)3/h1,8,11,13H,7,9H2,2-5H3/t11-,12-/m1/s1. The second-order valence-corrected chi connectivity index (χ2v) is 4.05. The SMILES string of the molecule is C#C[C@@](C)(O)[C@H](C)CCC=C(C)C. The van der Waals surface area contributed by atoms with Gasteiger partial charge in [0.05, 0.1) is 0 Å². The maximum Gasteiger partial charge on any atom is 0.125 e. The van der Waals surface area contributed by atoms with Crippen LogP contribution in [0.2, 0.25) is 0 Å². The first-order valence-electron chi connectivity index (χ1n) is 4.73. The van der Waals surface area contributed by atoms with Crippen LogP contribution in [-0.2, 0) is 0 Å². The van der Waals surface area contributed by atoms with Crippen molar-refractivity contribution in [1.29, 1.82) is 0 Å². The average molecular weight is 180 g/mol. The highest BCUT2D eigenvalue weighted by Crippen LogP contribution is 2.21. The van der Waals surface area contributed by atoms with Crippen molar-refractivity contribution in [3.8, 4) is 12.3 Å². The van der Waals surface area contributed by atoms with Gasteiger partial charge < -0.3 is 5.11 Å². The van der Waals surface area contributed by atoms with Crippen LogP contribution in [0.25, 0.3) is 0 Å². The predicted molar refractivity (Wildman–Crippen MR) is 57.3 cm³/mol. The van der Waals surface area contributed by atoms with Gasteiger partial charge in [0.2, 0.25) is 0 Å². The average Bonchev–Trinajstić information content (AvgIpc) is 2.03. The van der Waals surface area contributed by atoms with E-state index in [1.165, 1.54) is 5.57 Å². The summed E-state index contributed by atoms with van der Waals surface area (Å²) in [6.45, 7) is 7.83. The molecule has 0 saturated carbocycles. The molecule has 0 aliphatic rings. The maximum absolute atomic E-state index is 9.70. The normalized spacial score (nSPS) is 16.9. The topological polar surface area (TPSA) is 20.2 Å². The van der Waals surface area contributed by atoms with Crippen LogP contribution < -0.4 is 0 Å². The Morgan fingerprint density at radius 2 is 2.15 bits per heavy atom. The molecule has 0 heterocycles. The third-order valence-corrected chi connectivity index (χ3v) is 2.40. The Bertz CT molecular complexity index is 214. The van der Waals surface area contributed by atoms with Crippen LogP contribution in [0.3, 0.4) is 0 Å². The van der Waals surface area contributed by atoms with Crippen LogP contribution in [0, 0.1) is 18.3 Å². The lowest BCUT2D eigenvalue weighted by molar-refractivity contribution is 0.0608. The molecule has 0 amide bonds. The van der Waals surface area contributed by atoms with Crippen molar-refractivity contribution in [1.82, 2.24) is 0 Å². The van der Waals surface area contributed by atoms with Gasteiger partial charge in [0.1, 0.15) is 5.60 Å². The number of rotatable bonds is 4. The minimum atomic E-state index is -0.963. The highest BCUT2D eigenvalue weighted by molar-refractivity contribution is 5.07. The third-order valence-electron chi connectivity index (χ3n) is 2.40. The van der Waals surface area contributed by atoms with Gasteiger partial charge in [-0.25, -0.2) is 0 Å². The molecule has 0 rings (SSSR count). The van der Waals surface area contributed by atoms with Crippen molar-refractivity contribution in [3.05, 3.63) is 11.6 Å². The second kappa shape index (κ2) is 5.09. The zero-order valence-electron chi connectivity index (χ0n) is 9.09. The lowest BCUT2D eigenvalue weighted by Gasteiger charge is -2.24. The molecule has 0 radical (unpaired) electrons. The van der Waals surface area contributed by atoms with E-state index in [9.17, 15) is 5.11 Å². The number of aliphatic hydroxyl groups is 1. The first-order valence-corrected chi connectivity index (χ1v) is 4.73. The molecule has 13 heavy (non-hydrogen) atoms. The van der Waals surface area contributed by atoms with E-state index in [1.807, 2.05) is 6.92 Å². The van der Waals surface area contributed by atoms with Crippen molar-refractivity contribution in [3.63, 3.8) is 0 Å². The van der Waals surface area contributed by atoms with Gasteiger partial charge in [0.15, 0.2) is 0 Å². The Morgan fingerprint density at radius 1 is 1.62 bits per heavy atom. The molecule has 0 aromatic heterocycles. The number of terminal acetylenes is 1. The van der Waals surface area contributed by atoms with Gasteiger partial charge in [0.25, 0.3) is 0 Å². The van der Waals surface area contributed by atoms with Crippen LogP contribution in [0.1, 0.15) is 40.5 Å². The quantitative estimate of drug-likeness (QED) is 0.521. The van der Waals surface area contributed by atoms with Gasteiger partial charge in [-0.2, -0.15) is 0 Å². The second-order valence-electron chi connectivity index (χ2n) is 4.05. The zero-order valence-corrected chi connectivity index (χ0v) is 9.09. The molecule has 0 aromatic rings. The van der Waals surface area contributed by atoms with Crippen molar-refractivity contribution < 1.29 is 5.11 Å². The monoisotopic (exact) mass is 180 g/mol. The Balaban J connectivity index is 3.97. The van der Waals surface area contributed by atoms with E-state index in [2.05, 4.69) is 25.8 Å². The molecule has 0 aliphatic heterocycles. The molecule has 0 saturated heterocycles. The summed E-state index contributed by atoms with van der Waals surface area (Å²) < 4.78 is 0. The predicted octanol–water partition coefficient (Wildman–Crippen LogP) is 2.75. The summed E-state index contributed by atoms with van der Waals surface area (Å²) in [6.07, 6.45) is 9.31. The van der Waals surface area contributed by atoms with E-state index in [0.29, 0.717) is 0 Å². The van der Waals surface area contributed by atoms with E-state index in [1.54, 1.807) is 6.92 Å². The highest BCUT2D eigenvalue weighted by atomic mass is 16.3. The summed E-state index contributed by atoms with van der Waals surface area (Å²) >= 11 is 0. The Kier molecular flexibility index (Phi) is 4.80. The molecule has 0 spiro atoms. The Hall–Kier alpha value is -0.740. The number of allylic oxidation sites excluding steroid dienone is 2. The minimum absolute atomic E-state index is 0.146. The lowest BCUT2D eigenvalue weighted by Crippen LogP contribution is -2.30. The Morgan fingerprint density at radius 3 is 2.54 bits per heavy atom. The molecule has 0 aromatic carbocycles. The van der Waals surface area contributed by atoms with Gasteiger partial charge in [-0.05, 0) is 39.5 Å². The summed E-state index contributed by atoms with van der Waals surface area (Å²) in [5.74, 6) is 2.56. The summed E-state index contributed by atoms with van der Waals surface area (Å²) in [7, 11) is 0. The van der Waals surface area contributed by atoms with Gasteiger partial charge in [0, 0.05) is 0 Å². The van der Waals surface area contributed by atoms with Gasteiger partial charge in [-0.3, -0.25) is 0 Å². The van der Waals surface area contributed by atoms with Crippen molar-refractivity contribution in [2.45, 2.75) is 46.1 Å². The fourth-order valence-electron chi connectivity index (χ4n) is 1.05. The van der Waals surface area contributed by atoms with Crippen LogP contribution in [0.15, 0.2) is 11.6 Å². The maximum atomic E-state index is 9.70. The zero-order chi connectivity index (χ0) is 10.5. The highest BCUT2D eigenvalue weighted by Gasteiger charge is 2.24. The van der Waals surface area contributed by atoms with Crippen LogP contribution in [0.5, 0.6) is 0 Å². The minimum Gasteiger partial charge on any atom is -0.378 e. The first-order chi connectivity index (χ1) is 5.90. The summed E-state index contributed by atoms with van der Waals surface area (Å²) in [5, 5.41) is 9.70. The molecule has 0 bridgehead atoms. The van der Waals surface area contributed by atoms with E-state index in [0.717, 1.165) is 12.8 Å².